The Morgan fingerprint density at radius 3 is 2.41 bits per heavy atom. The summed E-state index contributed by atoms with van der Waals surface area (Å²) in [6.45, 7) is 0. The van der Waals surface area contributed by atoms with Gasteiger partial charge in [-0.05, 0) is 49.9 Å². The molecule has 3 heteroatoms. The highest BCUT2D eigenvalue weighted by atomic mass is 79.9. The molecule has 0 unspecified atom stereocenters. The molecule has 2 rings (SSSR count). The van der Waals surface area contributed by atoms with E-state index in [0.717, 1.165) is 37.1 Å². The fourth-order valence-corrected chi connectivity index (χ4v) is 2.54. The van der Waals surface area contributed by atoms with Crippen molar-refractivity contribution in [1.82, 2.24) is 0 Å². The van der Waals surface area contributed by atoms with Crippen molar-refractivity contribution in [2.24, 2.45) is 0 Å². The van der Waals surface area contributed by atoms with Gasteiger partial charge < -0.3 is 10.5 Å². The summed E-state index contributed by atoms with van der Waals surface area (Å²) < 4.78 is 5.98. The smallest absolute Gasteiger partial charge is 0.169 e. The molecule has 0 bridgehead atoms. The van der Waals surface area contributed by atoms with E-state index in [2.05, 4.69) is 21.9 Å². The van der Waals surface area contributed by atoms with Crippen molar-refractivity contribution in [2.45, 2.75) is 36.1 Å². The van der Waals surface area contributed by atoms with Crippen LogP contribution < -0.4 is 10.5 Å². The number of nitrogens with two attached hydrogens (primary N) is 1. The Labute approximate surface area is 111 Å². The third-order valence-corrected chi connectivity index (χ3v) is 4.09. The second kappa shape index (κ2) is 5.01. The molecule has 1 fully saturated rings. The zero-order valence-electron chi connectivity index (χ0n) is 9.66. The summed E-state index contributed by atoms with van der Waals surface area (Å²) in [5.74, 6) is 3.62. The normalized spacial score (nSPS) is 28.4. The maximum atomic E-state index is 5.98. The summed E-state index contributed by atoms with van der Waals surface area (Å²) in [5, 5.41) is 0. The first-order chi connectivity index (χ1) is 8.13. The predicted octanol–water partition coefficient (Wildman–Crippen LogP) is 3.36. The highest BCUT2D eigenvalue weighted by molar-refractivity contribution is 9.09. The van der Waals surface area contributed by atoms with E-state index in [-0.39, 0.29) is 0 Å². The molecular formula is C14H16BrNO. The quantitative estimate of drug-likeness (QED) is 0.516. The van der Waals surface area contributed by atoms with Crippen molar-refractivity contribution < 1.29 is 4.74 Å². The second-order valence-corrected chi connectivity index (χ2v) is 5.78. The summed E-state index contributed by atoms with van der Waals surface area (Å²) in [5.41, 5.74) is 5.93. The molecule has 17 heavy (non-hydrogen) atoms. The Morgan fingerprint density at radius 1 is 1.29 bits per heavy atom. The van der Waals surface area contributed by atoms with Crippen LogP contribution in [0.1, 0.15) is 25.7 Å². The molecule has 1 aromatic carbocycles. The molecule has 2 nitrogen and oxygen atoms in total. The Kier molecular flexibility index (Phi) is 3.63. The number of hydrogen-bond acceptors (Lipinski definition) is 2. The lowest BCUT2D eigenvalue weighted by Gasteiger charge is -2.35. The molecule has 0 heterocycles. The van der Waals surface area contributed by atoms with Crippen LogP contribution in [0.25, 0.3) is 0 Å². The summed E-state index contributed by atoms with van der Waals surface area (Å²) >= 11 is 3.62. The van der Waals surface area contributed by atoms with Gasteiger partial charge in [0.1, 0.15) is 5.75 Å². The van der Waals surface area contributed by atoms with Crippen LogP contribution in [-0.2, 0) is 0 Å². The highest BCUT2D eigenvalue weighted by Crippen LogP contribution is 2.35. The van der Waals surface area contributed by atoms with E-state index in [4.69, 9.17) is 16.9 Å². The molecule has 1 aromatic rings. The van der Waals surface area contributed by atoms with Crippen molar-refractivity contribution in [3.63, 3.8) is 0 Å². The van der Waals surface area contributed by atoms with E-state index in [1.165, 1.54) is 0 Å². The number of rotatable bonds is 2. The van der Waals surface area contributed by atoms with Crippen LogP contribution >= 0.6 is 15.9 Å². The summed E-state index contributed by atoms with van der Waals surface area (Å²) in [4.78, 5) is 0.569. The van der Waals surface area contributed by atoms with Gasteiger partial charge in [-0.25, -0.2) is 0 Å². The summed E-state index contributed by atoms with van der Waals surface area (Å²) in [6, 6.07) is 7.40. The van der Waals surface area contributed by atoms with E-state index in [9.17, 15) is 0 Å². The van der Waals surface area contributed by atoms with Crippen LogP contribution in [-0.4, -0.2) is 10.4 Å². The first-order valence-corrected chi connectivity index (χ1v) is 6.71. The monoisotopic (exact) mass is 293 g/mol. The lowest BCUT2D eigenvalue weighted by Crippen LogP contribution is -2.38. The number of hydrogen-bond donors (Lipinski definition) is 1. The Morgan fingerprint density at radius 2 is 1.88 bits per heavy atom. The van der Waals surface area contributed by atoms with Gasteiger partial charge in [-0.3, -0.25) is 0 Å². The predicted molar refractivity (Wildman–Crippen MR) is 74.2 cm³/mol. The number of ether oxygens (including phenoxy) is 1. The minimum atomic E-state index is -0.444. The number of nitrogen functional groups attached to an aromatic ring is 1. The number of benzene rings is 1. The Hall–Kier alpha value is -1.14. The molecule has 1 saturated carbocycles. The van der Waals surface area contributed by atoms with Gasteiger partial charge in [0.15, 0.2) is 5.60 Å². The van der Waals surface area contributed by atoms with Gasteiger partial charge in [-0.1, -0.05) is 21.9 Å². The van der Waals surface area contributed by atoms with Gasteiger partial charge in [-0.2, -0.15) is 0 Å². The van der Waals surface area contributed by atoms with Crippen molar-refractivity contribution in [3.8, 4) is 18.1 Å². The van der Waals surface area contributed by atoms with Gasteiger partial charge in [0, 0.05) is 10.5 Å². The van der Waals surface area contributed by atoms with E-state index < -0.39 is 5.60 Å². The molecule has 0 aliphatic heterocycles. The molecule has 0 spiro atoms. The minimum absolute atomic E-state index is 0.444. The molecule has 2 N–H and O–H groups in total. The molecule has 0 amide bonds. The zero-order valence-corrected chi connectivity index (χ0v) is 11.2. The third-order valence-electron chi connectivity index (χ3n) is 3.18. The average Bonchev–Trinajstić information content (AvgIpc) is 2.35. The molecular weight excluding hydrogens is 278 g/mol. The van der Waals surface area contributed by atoms with Crippen LogP contribution in [0, 0.1) is 12.3 Å². The first kappa shape index (κ1) is 12.3. The lowest BCUT2D eigenvalue weighted by atomic mass is 9.85. The third kappa shape index (κ3) is 2.95. The molecule has 0 saturated heterocycles. The minimum Gasteiger partial charge on any atom is -0.475 e. The zero-order chi connectivity index (χ0) is 12.3. The lowest BCUT2D eigenvalue weighted by molar-refractivity contribution is 0.0897. The number of terminal acetylenes is 1. The van der Waals surface area contributed by atoms with Crippen LogP contribution in [0.4, 0.5) is 5.69 Å². The molecule has 0 radical (unpaired) electrons. The average molecular weight is 294 g/mol. The van der Waals surface area contributed by atoms with Gasteiger partial charge in [0.2, 0.25) is 0 Å². The van der Waals surface area contributed by atoms with Gasteiger partial charge >= 0.3 is 0 Å². The summed E-state index contributed by atoms with van der Waals surface area (Å²) in [6.07, 6.45) is 9.54. The van der Waals surface area contributed by atoms with Gasteiger partial charge in [-0.15, -0.1) is 6.42 Å². The van der Waals surface area contributed by atoms with Gasteiger partial charge in [0.25, 0.3) is 0 Å². The van der Waals surface area contributed by atoms with E-state index in [0.29, 0.717) is 4.83 Å². The van der Waals surface area contributed by atoms with Crippen LogP contribution in [0.2, 0.25) is 0 Å². The maximum absolute atomic E-state index is 5.98. The molecule has 0 aromatic heterocycles. The van der Waals surface area contributed by atoms with E-state index >= 15 is 0 Å². The Balaban J connectivity index is 2.10. The topological polar surface area (TPSA) is 35.2 Å². The SMILES string of the molecule is C#CC1(Oc2ccc(N)cc2)CCC(Br)CC1. The largest absolute Gasteiger partial charge is 0.475 e. The molecule has 1 aliphatic carbocycles. The molecule has 1 aliphatic rings. The number of halogens is 1. The summed E-state index contributed by atoms with van der Waals surface area (Å²) in [7, 11) is 0. The van der Waals surface area contributed by atoms with Crippen LogP contribution in [0.3, 0.4) is 0 Å². The van der Waals surface area contributed by atoms with Crippen molar-refractivity contribution >= 4 is 21.6 Å². The van der Waals surface area contributed by atoms with Crippen molar-refractivity contribution in [1.29, 1.82) is 0 Å². The van der Waals surface area contributed by atoms with Crippen molar-refractivity contribution in [2.75, 3.05) is 5.73 Å². The van der Waals surface area contributed by atoms with E-state index in [1.807, 2.05) is 24.3 Å². The number of alkyl halides is 1. The fraction of sp³-hybridized carbons (Fsp3) is 0.429. The molecule has 90 valence electrons. The second-order valence-electron chi connectivity index (χ2n) is 4.48. The van der Waals surface area contributed by atoms with Crippen LogP contribution in [0.5, 0.6) is 5.75 Å². The number of anilines is 1. The Bertz CT molecular complexity index is 413. The highest BCUT2D eigenvalue weighted by Gasteiger charge is 2.34. The fourth-order valence-electron chi connectivity index (χ4n) is 2.09. The van der Waals surface area contributed by atoms with E-state index in [1.54, 1.807) is 0 Å². The van der Waals surface area contributed by atoms with Crippen LogP contribution in [0.15, 0.2) is 24.3 Å². The molecule has 0 atom stereocenters. The maximum Gasteiger partial charge on any atom is 0.169 e. The van der Waals surface area contributed by atoms with Gasteiger partial charge in [0.05, 0.1) is 0 Å². The first-order valence-electron chi connectivity index (χ1n) is 5.80. The van der Waals surface area contributed by atoms with Crippen molar-refractivity contribution in [3.05, 3.63) is 24.3 Å². The standard InChI is InChI=1S/C14H16BrNO/c1-2-14(9-7-11(15)8-10-14)17-13-5-3-12(16)4-6-13/h1,3-6,11H,7-10,16H2.